The van der Waals surface area contributed by atoms with Crippen LogP contribution in [0.5, 0.6) is 5.75 Å². The Kier molecular flexibility index (Phi) is 5.71. The zero-order valence-electron chi connectivity index (χ0n) is 12.7. The second-order valence-electron chi connectivity index (χ2n) is 5.36. The molecule has 1 heterocycles. The van der Waals surface area contributed by atoms with Crippen LogP contribution in [0.1, 0.15) is 12.8 Å². The fourth-order valence-electron chi connectivity index (χ4n) is 2.35. The standard InChI is InChI=1S/C15H21N3O4/c1-16-8-10-17(11-9-16)15(19)7-4-12-22-14-6-3-2-5-13(14)18(20)21/h2-3,5-6H,4,7-12H2,1H3. The summed E-state index contributed by atoms with van der Waals surface area (Å²) in [6, 6.07) is 6.27. The topological polar surface area (TPSA) is 75.9 Å². The van der Waals surface area contributed by atoms with E-state index < -0.39 is 4.92 Å². The van der Waals surface area contributed by atoms with Crippen LogP contribution in [0.15, 0.2) is 24.3 Å². The molecule has 0 spiro atoms. The van der Waals surface area contributed by atoms with E-state index in [9.17, 15) is 14.9 Å². The highest BCUT2D eigenvalue weighted by atomic mass is 16.6. The maximum Gasteiger partial charge on any atom is 0.310 e. The molecule has 1 aromatic carbocycles. The summed E-state index contributed by atoms with van der Waals surface area (Å²) < 4.78 is 5.43. The van der Waals surface area contributed by atoms with Crippen molar-refractivity contribution < 1.29 is 14.5 Å². The highest BCUT2D eigenvalue weighted by Crippen LogP contribution is 2.25. The van der Waals surface area contributed by atoms with Crippen LogP contribution in [0.2, 0.25) is 0 Å². The lowest BCUT2D eigenvalue weighted by molar-refractivity contribution is -0.385. The first-order valence-electron chi connectivity index (χ1n) is 7.40. The number of nitro groups is 1. The van der Waals surface area contributed by atoms with Gasteiger partial charge in [-0.3, -0.25) is 14.9 Å². The number of rotatable bonds is 6. The van der Waals surface area contributed by atoms with Crippen LogP contribution in [0.3, 0.4) is 0 Å². The third-order valence-corrected chi connectivity index (χ3v) is 3.71. The van der Waals surface area contributed by atoms with Crippen LogP contribution in [0, 0.1) is 10.1 Å². The van der Waals surface area contributed by atoms with Crippen molar-refractivity contribution in [2.24, 2.45) is 0 Å². The van der Waals surface area contributed by atoms with Crippen molar-refractivity contribution in [1.82, 2.24) is 9.80 Å². The highest BCUT2D eigenvalue weighted by Gasteiger charge is 2.19. The minimum Gasteiger partial charge on any atom is -0.487 e. The van der Waals surface area contributed by atoms with Gasteiger partial charge in [0, 0.05) is 38.7 Å². The number of nitro benzene ring substituents is 1. The third-order valence-electron chi connectivity index (χ3n) is 3.71. The van der Waals surface area contributed by atoms with Crippen molar-refractivity contribution in [2.75, 3.05) is 39.8 Å². The average Bonchev–Trinajstić information content (AvgIpc) is 2.52. The highest BCUT2D eigenvalue weighted by molar-refractivity contribution is 5.76. The Morgan fingerprint density at radius 1 is 1.27 bits per heavy atom. The summed E-state index contributed by atoms with van der Waals surface area (Å²) in [6.07, 6.45) is 0.960. The number of para-hydroxylation sites is 2. The van der Waals surface area contributed by atoms with Gasteiger partial charge in [0.05, 0.1) is 11.5 Å². The summed E-state index contributed by atoms with van der Waals surface area (Å²) in [5.74, 6) is 0.374. The molecule has 0 N–H and O–H groups in total. The zero-order valence-corrected chi connectivity index (χ0v) is 12.7. The average molecular weight is 307 g/mol. The van der Waals surface area contributed by atoms with Crippen molar-refractivity contribution >= 4 is 11.6 Å². The molecule has 22 heavy (non-hydrogen) atoms. The number of carbonyl (C=O) groups excluding carboxylic acids is 1. The van der Waals surface area contributed by atoms with Gasteiger partial charge in [0.2, 0.25) is 5.91 Å². The summed E-state index contributed by atoms with van der Waals surface area (Å²) >= 11 is 0. The number of benzene rings is 1. The number of carbonyl (C=O) groups is 1. The van der Waals surface area contributed by atoms with E-state index in [0.717, 1.165) is 26.2 Å². The van der Waals surface area contributed by atoms with Crippen molar-refractivity contribution in [2.45, 2.75) is 12.8 Å². The van der Waals surface area contributed by atoms with Gasteiger partial charge in [0.1, 0.15) is 0 Å². The lowest BCUT2D eigenvalue weighted by atomic mass is 10.2. The molecular weight excluding hydrogens is 286 g/mol. The van der Waals surface area contributed by atoms with Gasteiger partial charge in [0.25, 0.3) is 0 Å². The van der Waals surface area contributed by atoms with Gasteiger partial charge in [-0.25, -0.2) is 0 Å². The van der Waals surface area contributed by atoms with Crippen LogP contribution in [-0.4, -0.2) is 60.5 Å². The first kappa shape index (κ1) is 16.2. The molecule has 120 valence electrons. The Labute approximate surface area is 129 Å². The molecule has 0 unspecified atom stereocenters. The first-order chi connectivity index (χ1) is 10.6. The smallest absolute Gasteiger partial charge is 0.310 e. The SMILES string of the molecule is CN1CCN(C(=O)CCCOc2ccccc2[N+](=O)[O-])CC1. The van der Waals surface area contributed by atoms with E-state index >= 15 is 0 Å². The summed E-state index contributed by atoms with van der Waals surface area (Å²) in [5.41, 5.74) is -0.0482. The van der Waals surface area contributed by atoms with Crippen LogP contribution >= 0.6 is 0 Å². The summed E-state index contributed by atoms with van der Waals surface area (Å²) in [6.45, 7) is 3.63. The minimum absolute atomic E-state index is 0.0482. The molecule has 1 amide bonds. The number of amides is 1. The molecule has 0 aromatic heterocycles. The molecule has 7 nitrogen and oxygen atoms in total. The van der Waals surface area contributed by atoms with Crippen molar-refractivity contribution in [3.63, 3.8) is 0 Å². The Balaban J connectivity index is 1.73. The normalized spacial score (nSPS) is 15.6. The predicted octanol–water partition coefficient (Wildman–Crippen LogP) is 1.53. The molecule has 0 aliphatic carbocycles. The molecule has 7 heteroatoms. The molecule has 0 bridgehead atoms. The van der Waals surface area contributed by atoms with E-state index in [1.807, 2.05) is 11.9 Å². The number of hydrogen-bond donors (Lipinski definition) is 0. The molecule has 0 radical (unpaired) electrons. The van der Waals surface area contributed by atoms with Crippen LogP contribution in [-0.2, 0) is 4.79 Å². The Bertz CT molecular complexity index is 527. The van der Waals surface area contributed by atoms with Crippen molar-refractivity contribution in [1.29, 1.82) is 0 Å². The van der Waals surface area contributed by atoms with Gasteiger partial charge in [-0.15, -0.1) is 0 Å². The Morgan fingerprint density at radius 3 is 2.64 bits per heavy atom. The quantitative estimate of drug-likeness (QED) is 0.452. The molecular formula is C15H21N3O4. The lowest BCUT2D eigenvalue weighted by Crippen LogP contribution is -2.47. The van der Waals surface area contributed by atoms with E-state index in [2.05, 4.69) is 4.90 Å². The van der Waals surface area contributed by atoms with Gasteiger partial charge in [-0.05, 0) is 19.5 Å². The number of ether oxygens (including phenoxy) is 1. The predicted molar refractivity (Wildman–Crippen MR) is 81.9 cm³/mol. The molecule has 1 aliphatic rings. The molecule has 1 saturated heterocycles. The van der Waals surface area contributed by atoms with E-state index in [-0.39, 0.29) is 17.3 Å². The van der Waals surface area contributed by atoms with Gasteiger partial charge in [-0.1, -0.05) is 12.1 Å². The van der Waals surface area contributed by atoms with E-state index in [0.29, 0.717) is 19.4 Å². The number of hydrogen-bond acceptors (Lipinski definition) is 5. The first-order valence-corrected chi connectivity index (χ1v) is 7.40. The van der Waals surface area contributed by atoms with Crippen molar-refractivity contribution in [3.8, 4) is 5.75 Å². The molecule has 0 saturated carbocycles. The van der Waals surface area contributed by atoms with Crippen LogP contribution in [0.25, 0.3) is 0 Å². The fourth-order valence-corrected chi connectivity index (χ4v) is 2.35. The Hall–Kier alpha value is -2.15. The summed E-state index contributed by atoms with van der Waals surface area (Å²) in [5, 5.41) is 10.9. The van der Waals surface area contributed by atoms with E-state index in [1.54, 1.807) is 18.2 Å². The monoisotopic (exact) mass is 307 g/mol. The van der Waals surface area contributed by atoms with E-state index in [1.165, 1.54) is 6.07 Å². The molecule has 1 aliphatic heterocycles. The largest absolute Gasteiger partial charge is 0.487 e. The van der Waals surface area contributed by atoms with Gasteiger partial charge < -0.3 is 14.5 Å². The number of likely N-dealkylation sites (N-methyl/N-ethyl adjacent to an activating group) is 1. The zero-order chi connectivity index (χ0) is 15.9. The van der Waals surface area contributed by atoms with Crippen molar-refractivity contribution in [3.05, 3.63) is 34.4 Å². The van der Waals surface area contributed by atoms with Crippen LogP contribution in [0.4, 0.5) is 5.69 Å². The number of piperazine rings is 1. The van der Waals surface area contributed by atoms with Crippen LogP contribution < -0.4 is 4.74 Å². The van der Waals surface area contributed by atoms with Gasteiger partial charge in [-0.2, -0.15) is 0 Å². The number of nitrogens with zero attached hydrogens (tertiary/aromatic N) is 3. The third kappa shape index (κ3) is 4.42. The maximum atomic E-state index is 12.0. The minimum atomic E-state index is -0.468. The lowest BCUT2D eigenvalue weighted by Gasteiger charge is -2.32. The molecule has 2 rings (SSSR count). The molecule has 1 aromatic rings. The summed E-state index contributed by atoms with van der Waals surface area (Å²) in [4.78, 5) is 26.5. The molecule has 0 atom stereocenters. The van der Waals surface area contributed by atoms with Gasteiger partial charge in [0.15, 0.2) is 5.75 Å². The van der Waals surface area contributed by atoms with Gasteiger partial charge >= 0.3 is 5.69 Å². The second-order valence-corrected chi connectivity index (χ2v) is 5.36. The Morgan fingerprint density at radius 2 is 1.95 bits per heavy atom. The van der Waals surface area contributed by atoms with E-state index in [4.69, 9.17) is 4.74 Å². The maximum absolute atomic E-state index is 12.0. The summed E-state index contributed by atoms with van der Waals surface area (Å²) in [7, 11) is 2.04. The fraction of sp³-hybridized carbons (Fsp3) is 0.533. The molecule has 1 fully saturated rings. The second kappa shape index (κ2) is 7.74.